The molecule has 0 saturated carbocycles. The predicted molar refractivity (Wildman–Crippen MR) is 106 cm³/mol. The van der Waals surface area contributed by atoms with Crippen molar-refractivity contribution in [2.75, 3.05) is 33.2 Å². The maximum Gasteiger partial charge on any atom is 0.163 e. The topological polar surface area (TPSA) is 67.5 Å². The number of nitrogens with zero attached hydrogens (tertiary/aromatic N) is 2. The number of imidazole rings is 1. The molecule has 0 bridgehead atoms. The molecule has 1 aromatic heterocycles. The Morgan fingerprint density at radius 3 is 2.42 bits per heavy atom. The van der Waals surface area contributed by atoms with Crippen LogP contribution >= 0.6 is 0 Å². The summed E-state index contributed by atoms with van der Waals surface area (Å²) in [6, 6.07) is 9.66. The molecule has 0 radical (unpaired) electrons. The monoisotopic (exact) mass is 371 g/mol. The minimum absolute atomic E-state index is 0.435. The second kappa shape index (κ2) is 7.21. The van der Waals surface area contributed by atoms with Crippen LogP contribution in [0.1, 0.15) is 17.0 Å². The zero-order valence-electron chi connectivity index (χ0n) is 15.4. The van der Waals surface area contributed by atoms with Crippen LogP contribution in [-0.2, 0) is 11.3 Å². The van der Waals surface area contributed by atoms with Crippen molar-refractivity contribution in [3.8, 4) is 11.5 Å². The normalized spacial score (nSPS) is 10.7. The molecule has 0 fully saturated rings. The lowest BCUT2D eigenvalue weighted by Crippen LogP contribution is -2.16. The molecule has 7 heteroatoms. The number of fused-ring (bicyclic) bond motifs is 1. The fraction of sp³-hybridized carbons (Fsp3) is 0.263. The molecule has 0 aliphatic carbocycles. The van der Waals surface area contributed by atoms with Gasteiger partial charge in [0.2, 0.25) is 0 Å². The van der Waals surface area contributed by atoms with E-state index in [1.165, 1.54) is 0 Å². The molecule has 2 aromatic carbocycles. The molecule has 0 aliphatic heterocycles. The first kappa shape index (κ1) is 18.0. The van der Waals surface area contributed by atoms with Crippen LogP contribution in [0.2, 0.25) is 0 Å². The summed E-state index contributed by atoms with van der Waals surface area (Å²) in [6.45, 7) is 2.00. The summed E-state index contributed by atoms with van der Waals surface area (Å²) in [5.74, 6) is 1.74. The molecule has 0 amide bonds. The molecule has 0 aliphatic rings. The Morgan fingerprint density at radius 2 is 1.81 bits per heavy atom. The van der Waals surface area contributed by atoms with E-state index in [9.17, 15) is 4.21 Å². The summed E-state index contributed by atoms with van der Waals surface area (Å²) in [5.41, 5.74) is 4.39. The predicted octanol–water partition coefficient (Wildman–Crippen LogP) is 2.74. The van der Waals surface area contributed by atoms with Crippen molar-refractivity contribution in [3.05, 3.63) is 47.3 Å². The quantitative estimate of drug-likeness (QED) is 0.552. The van der Waals surface area contributed by atoms with E-state index >= 15 is 0 Å². The summed E-state index contributed by atoms with van der Waals surface area (Å²) in [5, 5.41) is 0. The van der Waals surface area contributed by atoms with Crippen LogP contribution in [0.4, 0.5) is 5.69 Å². The maximum atomic E-state index is 12.0. The Hall–Kier alpha value is -2.80. The van der Waals surface area contributed by atoms with Gasteiger partial charge in [-0.3, -0.25) is 0 Å². The summed E-state index contributed by atoms with van der Waals surface area (Å²) < 4.78 is 22.7. The third-order valence-electron chi connectivity index (χ3n) is 4.16. The van der Waals surface area contributed by atoms with Crippen molar-refractivity contribution in [1.29, 1.82) is 0 Å². The van der Waals surface area contributed by atoms with E-state index < -0.39 is 0 Å². The van der Waals surface area contributed by atoms with Crippen molar-refractivity contribution in [2.45, 2.75) is 6.92 Å². The molecule has 26 heavy (non-hydrogen) atoms. The van der Waals surface area contributed by atoms with Crippen LogP contribution in [0.25, 0.3) is 11.0 Å². The molecule has 1 heterocycles. The van der Waals surface area contributed by atoms with Gasteiger partial charge in [0.05, 0.1) is 25.3 Å². The number of aromatic amines is 1. The van der Waals surface area contributed by atoms with Gasteiger partial charge >= 0.3 is 0 Å². The van der Waals surface area contributed by atoms with Gasteiger partial charge in [-0.1, -0.05) is 11.6 Å². The second-order valence-corrected chi connectivity index (χ2v) is 6.71. The van der Waals surface area contributed by atoms with Gasteiger partial charge in [-0.05, 0) is 19.1 Å². The van der Waals surface area contributed by atoms with E-state index in [1.807, 2.05) is 50.2 Å². The van der Waals surface area contributed by atoms with Crippen LogP contribution < -0.4 is 14.4 Å². The lowest BCUT2D eigenvalue weighted by molar-refractivity contribution is 0.356. The first-order valence-electron chi connectivity index (χ1n) is 8.05. The highest BCUT2D eigenvalue weighted by Crippen LogP contribution is 2.31. The van der Waals surface area contributed by atoms with Gasteiger partial charge in [0.1, 0.15) is 16.1 Å². The minimum Gasteiger partial charge on any atom is -0.493 e. The number of benzene rings is 2. The standard InChI is InChI=1S/C19H21N3O3S/c1-11-6-7-15(22(2)3)12(8-11)18(26-23)19-20-13-9-16(24-4)17(25-5)10-14(13)21-19/h6-10H,1-5H3,(H,20,21). The molecule has 0 saturated heterocycles. The number of anilines is 1. The molecule has 3 aromatic rings. The van der Waals surface area contributed by atoms with Crippen LogP contribution in [-0.4, -0.2) is 47.4 Å². The number of rotatable bonds is 5. The molecule has 6 nitrogen and oxygen atoms in total. The van der Waals surface area contributed by atoms with Crippen LogP contribution in [0, 0.1) is 6.92 Å². The van der Waals surface area contributed by atoms with E-state index in [2.05, 4.69) is 9.97 Å². The van der Waals surface area contributed by atoms with Crippen molar-refractivity contribution < 1.29 is 13.7 Å². The average molecular weight is 371 g/mol. The van der Waals surface area contributed by atoms with E-state index in [0.717, 1.165) is 22.3 Å². The highest BCUT2D eigenvalue weighted by atomic mass is 32.1. The number of aryl methyl sites for hydroxylation is 1. The summed E-state index contributed by atoms with van der Waals surface area (Å²) in [4.78, 5) is 10.4. The SMILES string of the molecule is COc1cc2nc(C(=S=O)c3cc(C)ccc3N(C)C)[nH]c2cc1OC. The maximum absolute atomic E-state index is 12.0. The summed E-state index contributed by atoms with van der Waals surface area (Å²) in [6.07, 6.45) is 0. The van der Waals surface area contributed by atoms with Gasteiger partial charge in [-0.25, -0.2) is 9.19 Å². The zero-order chi connectivity index (χ0) is 18.8. The number of hydrogen-bond acceptors (Lipinski definition) is 5. The largest absolute Gasteiger partial charge is 0.493 e. The Labute approximate surface area is 155 Å². The van der Waals surface area contributed by atoms with E-state index in [0.29, 0.717) is 39.0 Å². The van der Waals surface area contributed by atoms with Gasteiger partial charge in [-0.2, -0.15) is 0 Å². The van der Waals surface area contributed by atoms with Crippen molar-refractivity contribution in [3.63, 3.8) is 0 Å². The zero-order valence-corrected chi connectivity index (χ0v) is 16.2. The van der Waals surface area contributed by atoms with Gasteiger partial charge in [-0.15, -0.1) is 0 Å². The van der Waals surface area contributed by atoms with E-state index in [-0.39, 0.29) is 0 Å². The first-order chi connectivity index (χ1) is 12.5. The van der Waals surface area contributed by atoms with Crippen molar-refractivity contribution >= 4 is 32.8 Å². The number of ether oxygens (including phenoxy) is 2. The molecule has 3 rings (SSSR count). The van der Waals surface area contributed by atoms with Crippen molar-refractivity contribution in [1.82, 2.24) is 9.97 Å². The Kier molecular flexibility index (Phi) is 4.99. The Morgan fingerprint density at radius 1 is 1.12 bits per heavy atom. The summed E-state index contributed by atoms with van der Waals surface area (Å²) in [7, 11) is 7.08. The number of methoxy groups -OCH3 is 2. The van der Waals surface area contributed by atoms with Crippen molar-refractivity contribution in [2.24, 2.45) is 0 Å². The fourth-order valence-electron chi connectivity index (χ4n) is 2.88. The molecule has 0 spiro atoms. The van der Waals surface area contributed by atoms with E-state index in [1.54, 1.807) is 20.3 Å². The average Bonchev–Trinajstić information content (AvgIpc) is 3.03. The number of H-pyrrole nitrogens is 1. The van der Waals surface area contributed by atoms with Crippen LogP contribution in [0.3, 0.4) is 0 Å². The third kappa shape index (κ3) is 3.17. The van der Waals surface area contributed by atoms with Crippen LogP contribution in [0.5, 0.6) is 11.5 Å². The lowest BCUT2D eigenvalue weighted by atomic mass is 10.1. The smallest absolute Gasteiger partial charge is 0.163 e. The Bertz CT molecular complexity index is 979. The fourth-order valence-corrected chi connectivity index (χ4v) is 3.31. The van der Waals surface area contributed by atoms with Gasteiger partial charge in [0.15, 0.2) is 17.3 Å². The highest BCUT2D eigenvalue weighted by molar-refractivity contribution is 7.67. The Balaban J connectivity index is 2.19. The number of aromatic nitrogens is 2. The second-order valence-electron chi connectivity index (χ2n) is 6.14. The molecular formula is C19H21N3O3S. The molecule has 136 valence electrons. The first-order valence-corrected chi connectivity index (χ1v) is 8.80. The minimum atomic E-state index is 0.435. The molecular weight excluding hydrogens is 350 g/mol. The molecule has 0 atom stereocenters. The summed E-state index contributed by atoms with van der Waals surface area (Å²) >= 11 is 0.435. The highest BCUT2D eigenvalue weighted by Gasteiger charge is 2.18. The number of nitrogens with one attached hydrogen (secondary N) is 1. The van der Waals surface area contributed by atoms with E-state index in [4.69, 9.17) is 9.47 Å². The molecule has 0 unspecified atom stereocenters. The van der Waals surface area contributed by atoms with Gasteiger partial charge < -0.3 is 19.4 Å². The van der Waals surface area contributed by atoms with Gasteiger partial charge in [0, 0.05) is 37.5 Å². The third-order valence-corrected chi connectivity index (χ3v) is 4.74. The number of hydrogen-bond donors (Lipinski definition) is 1. The van der Waals surface area contributed by atoms with Crippen LogP contribution in [0.15, 0.2) is 30.3 Å². The van der Waals surface area contributed by atoms with Gasteiger partial charge in [0.25, 0.3) is 0 Å². The molecule has 1 N–H and O–H groups in total. The lowest BCUT2D eigenvalue weighted by Gasteiger charge is -2.17.